The molecular weight excluding hydrogens is 314 g/mol. The van der Waals surface area contributed by atoms with Crippen LogP contribution in [-0.2, 0) is 0 Å². The minimum atomic E-state index is 0.290. The Morgan fingerprint density at radius 1 is 1.09 bits per heavy atom. The topological polar surface area (TPSA) is 50.9 Å². The average Bonchev–Trinajstić information content (AvgIpc) is 3.17. The van der Waals surface area contributed by atoms with E-state index < -0.39 is 0 Å². The maximum absolute atomic E-state index is 10.7. The lowest BCUT2D eigenvalue weighted by Crippen LogP contribution is -2.02. The van der Waals surface area contributed by atoms with E-state index in [1.54, 1.807) is 4.80 Å². The Kier molecular flexibility index (Phi) is 3.50. The molecule has 112 valence electrons. The monoisotopic (exact) mass is 329 g/mol. The van der Waals surface area contributed by atoms with Crippen molar-refractivity contribution in [2.24, 2.45) is 0 Å². The first-order valence-corrected chi connectivity index (χ1v) is 9.21. The van der Waals surface area contributed by atoms with E-state index in [4.69, 9.17) is 0 Å². The first-order valence-electron chi connectivity index (χ1n) is 7.11. The maximum atomic E-state index is 10.7. The molecule has 1 fully saturated rings. The van der Waals surface area contributed by atoms with Crippen molar-refractivity contribution in [3.05, 3.63) is 47.5 Å². The number of rotatable bonds is 2. The van der Waals surface area contributed by atoms with Crippen molar-refractivity contribution in [1.29, 1.82) is 0 Å². The van der Waals surface area contributed by atoms with E-state index >= 15 is 0 Å². The largest absolute Gasteiger partial charge is 0.505 e. The molecule has 0 atom stereocenters. The van der Waals surface area contributed by atoms with Crippen LogP contribution in [0.25, 0.3) is 16.7 Å². The molecular formula is C16H15N3OS2. The highest BCUT2D eigenvalue weighted by atomic mass is 32.2. The summed E-state index contributed by atoms with van der Waals surface area (Å²) in [5.41, 5.74) is 4.39. The fraction of sp³-hybridized carbons (Fsp3) is 0.250. The molecule has 0 unspecified atom stereocenters. The number of benzene rings is 2. The smallest absolute Gasteiger partial charge is 0.148 e. The Balaban J connectivity index is 1.86. The minimum Gasteiger partial charge on any atom is -0.505 e. The van der Waals surface area contributed by atoms with Gasteiger partial charge in [-0.3, -0.25) is 0 Å². The van der Waals surface area contributed by atoms with Crippen molar-refractivity contribution in [3.8, 4) is 11.4 Å². The third kappa shape index (κ3) is 2.36. The maximum Gasteiger partial charge on any atom is 0.148 e. The van der Waals surface area contributed by atoms with Gasteiger partial charge in [-0.2, -0.15) is 0 Å². The predicted octanol–water partition coefficient (Wildman–Crippen LogP) is 3.91. The standard InChI is InChI=1S/C16H15N3OS2/c1-10-8-11(16-21-6-7-22-16)15(20)14(9-10)19-17-12-4-2-3-5-13(12)18-19/h2-5,8-9,16,20H,6-7H2,1H3. The number of thioether (sulfide) groups is 2. The van der Waals surface area contributed by atoms with Gasteiger partial charge in [0.1, 0.15) is 22.5 Å². The minimum absolute atomic E-state index is 0.290. The van der Waals surface area contributed by atoms with Gasteiger partial charge in [-0.1, -0.05) is 18.2 Å². The van der Waals surface area contributed by atoms with Gasteiger partial charge in [-0.15, -0.1) is 38.5 Å². The Hall–Kier alpha value is -1.66. The quantitative estimate of drug-likeness (QED) is 0.772. The summed E-state index contributed by atoms with van der Waals surface area (Å²) in [5.74, 6) is 2.54. The van der Waals surface area contributed by atoms with Crippen molar-refractivity contribution in [2.45, 2.75) is 11.5 Å². The molecule has 0 aliphatic carbocycles. The third-order valence-corrected chi connectivity index (χ3v) is 6.71. The van der Waals surface area contributed by atoms with Crippen molar-refractivity contribution >= 4 is 34.6 Å². The normalized spacial score (nSPS) is 15.7. The summed E-state index contributed by atoms with van der Waals surface area (Å²) in [6.45, 7) is 2.04. The molecule has 2 aromatic carbocycles. The number of aryl methyl sites for hydroxylation is 1. The van der Waals surface area contributed by atoms with E-state index in [1.165, 1.54) is 0 Å². The molecule has 1 aliphatic heterocycles. The Morgan fingerprint density at radius 3 is 2.36 bits per heavy atom. The van der Waals surface area contributed by atoms with Crippen LogP contribution in [0.15, 0.2) is 36.4 Å². The molecule has 3 aromatic rings. The van der Waals surface area contributed by atoms with E-state index in [-0.39, 0.29) is 5.75 Å². The molecule has 0 amide bonds. The van der Waals surface area contributed by atoms with Gasteiger partial charge in [0.25, 0.3) is 0 Å². The second-order valence-corrected chi connectivity index (χ2v) is 8.00. The molecule has 4 nitrogen and oxygen atoms in total. The van der Waals surface area contributed by atoms with Crippen LogP contribution in [0.3, 0.4) is 0 Å². The van der Waals surface area contributed by atoms with Crippen LogP contribution >= 0.6 is 23.5 Å². The summed E-state index contributed by atoms with van der Waals surface area (Å²) in [7, 11) is 0. The van der Waals surface area contributed by atoms with Gasteiger partial charge in [0.05, 0.1) is 4.58 Å². The number of hydrogen-bond acceptors (Lipinski definition) is 5. The van der Waals surface area contributed by atoms with Crippen molar-refractivity contribution in [2.75, 3.05) is 11.5 Å². The highest BCUT2D eigenvalue weighted by Crippen LogP contribution is 2.49. The first kappa shape index (κ1) is 14.0. The van der Waals surface area contributed by atoms with Crippen LogP contribution in [0.4, 0.5) is 0 Å². The van der Waals surface area contributed by atoms with Gasteiger partial charge in [-0.25, -0.2) is 0 Å². The second kappa shape index (κ2) is 5.52. The zero-order chi connectivity index (χ0) is 15.1. The van der Waals surface area contributed by atoms with Crippen LogP contribution in [0.2, 0.25) is 0 Å². The van der Waals surface area contributed by atoms with Crippen molar-refractivity contribution in [3.63, 3.8) is 0 Å². The van der Waals surface area contributed by atoms with Crippen LogP contribution in [0.1, 0.15) is 15.7 Å². The van der Waals surface area contributed by atoms with E-state index in [0.29, 0.717) is 10.3 Å². The van der Waals surface area contributed by atoms with Crippen LogP contribution < -0.4 is 0 Å². The summed E-state index contributed by atoms with van der Waals surface area (Å²) in [6, 6.07) is 11.7. The average molecular weight is 329 g/mol. The van der Waals surface area contributed by atoms with Crippen molar-refractivity contribution in [1.82, 2.24) is 15.0 Å². The highest BCUT2D eigenvalue weighted by Gasteiger charge is 2.24. The third-order valence-electron chi connectivity index (χ3n) is 3.64. The molecule has 0 radical (unpaired) electrons. The molecule has 6 heteroatoms. The summed E-state index contributed by atoms with van der Waals surface area (Å²) in [5, 5.41) is 19.7. The van der Waals surface area contributed by atoms with E-state index in [1.807, 2.05) is 60.8 Å². The number of aromatic hydroxyl groups is 1. The highest BCUT2D eigenvalue weighted by molar-refractivity contribution is 8.19. The Morgan fingerprint density at radius 2 is 1.73 bits per heavy atom. The molecule has 0 spiro atoms. The fourth-order valence-corrected chi connectivity index (χ4v) is 5.50. The fourth-order valence-electron chi connectivity index (χ4n) is 2.62. The van der Waals surface area contributed by atoms with Crippen LogP contribution in [0, 0.1) is 6.92 Å². The zero-order valence-electron chi connectivity index (χ0n) is 12.1. The molecule has 2 heterocycles. The number of aromatic nitrogens is 3. The number of nitrogens with zero attached hydrogens (tertiary/aromatic N) is 3. The Bertz CT molecular complexity index is 808. The molecule has 0 bridgehead atoms. The molecule has 1 aromatic heterocycles. The van der Waals surface area contributed by atoms with E-state index in [2.05, 4.69) is 16.3 Å². The zero-order valence-corrected chi connectivity index (χ0v) is 13.7. The molecule has 0 saturated carbocycles. The lowest BCUT2D eigenvalue weighted by molar-refractivity contribution is 0.463. The number of fused-ring (bicyclic) bond motifs is 1. The predicted molar refractivity (Wildman–Crippen MR) is 92.9 cm³/mol. The second-order valence-electron chi connectivity index (χ2n) is 5.27. The van der Waals surface area contributed by atoms with Crippen molar-refractivity contribution < 1.29 is 5.11 Å². The number of phenolic OH excluding ortho intramolecular Hbond substituents is 1. The van der Waals surface area contributed by atoms with Gasteiger partial charge < -0.3 is 5.11 Å². The summed E-state index contributed by atoms with van der Waals surface area (Å²) >= 11 is 3.76. The summed E-state index contributed by atoms with van der Waals surface area (Å²) in [4.78, 5) is 1.54. The van der Waals surface area contributed by atoms with E-state index in [9.17, 15) is 5.11 Å². The molecule has 4 rings (SSSR count). The van der Waals surface area contributed by atoms with Gasteiger partial charge in [0.2, 0.25) is 0 Å². The SMILES string of the molecule is Cc1cc(C2SCCS2)c(O)c(-n2nc3ccccc3n2)c1. The van der Waals surface area contributed by atoms with Gasteiger partial charge in [0, 0.05) is 17.1 Å². The van der Waals surface area contributed by atoms with Gasteiger partial charge in [-0.05, 0) is 30.7 Å². The molecule has 1 N–H and O–H groups in total. The van der Waals surface area contributed by atoms with Crippen LogP contribution in [0.5, 0.6) is 5.75 Å². The van der Waals surface area contributed by atoms with Gasteiger partial charge >= 0.3 is 0 Å². The number of phenols is 1. The lowest BCUT2D eigenvalue weighted by Gasteiger charge is -2.14. The molecule has 1 aliphatic rings. The first-order chi connectivity index (χ1) is 10.7. The summed E-state index contributed by atoms with van der Waals surface area (Å²) < 4.78 is 0.295. The molecule has 22 heavy (non-hydrogen) atoms. The summed E-state index contributed by atoms with van der Waals surface area (Å²) in [6.07, 6.45) is 0. The van der Waals surface area contributed by atoms with Crippen LogP contribution in [-0.4, -0.2) is 31.6 Å². The van der Waals surface area contributed by atoms with E-state index in [0.717, 1.165) is 33.7 Å². The van der Waals surface area contributed by atoms with Gasteiger partial charge in [0.15, 0.2) is 0 Å². The Labute approximate surface area is 136 Å². The number of hydrogen-bond donors (Lipinski definition) is 1. The molecule has 1 saturated heterocycles. The lowest BCUT2D eigenvalue weighted by atomic mass is 10.1.